The second-order valence-electron chi connectivity index (χ2n) is 7.07. The van der Waals surface area contributed by atoms with Crippen LogP contribution in [-0.4, -0.2) is 45.7 Å². The van der Waals surface area contributed by atoms with E-state index >= 15 is 0 Å². The summed E-state index contributed by atoms with van der Waals surface area (Å²) in [5.74, 6) is 2.11. The van der Waals surface area contributed by atoms with Crippen molar-refractivity contribution in [3.8, 4) is 0 Å². The summed E-state index contributed by atoms with van der Waals surface area (Å²) in [6, 6.07) is 0.437. The fourth-order valence-electron chi connectivity index (χ4n) is 2.74. The smallest absolute Gasteiger partial charge is 0.150 e. The third-order valence-electron chi connectivity index (χ3n) is 4.20. The van der Waals surface area contributed by atoms with Crippen LogP contribution in [0.2, 0.25) is 0 Å². The van der Waals surface area contributed by atoms with Gasteiger partial charge in [0.1, 0.15) is 0 Å². The number of hydrogen-bond acceptors (Lipinski definition) is 4. The van der Waals surface area contributed by atoms with Crippen LogP contribution >= 0.6 is 0 Å². The van der Waals surface area contributed by atoms with Crippen LogP contribution in [0.25, 0.3) is 0 Å². The average molecular weight is 320 g/mol. The van der Waals surface area contributed by atoms with Gasteiger partial charge in [0, 0.05) is 19.3 Å². The summed E-state index contributed by atoms with van der Waals surface area (Å²) in [6.45, 7) is 11.1. The van der Waals surface area contributed by atoms with E-state index in [2.05, 4.69) is 33.0 Å². The molecule has 2 atom stereocenters. The molecule has 0 saturated carbocycles. The third-order valence-corrected chi connectivity index (χ3v) is 5.99. The first-order valence-corrected chi connectivity index (χ1v) is 10.1. The van der Waals surface area contributed by atoms with E-state index in [4.69, 9.17) is 4.74 Å². The van der Waals surface area contributed by atoms with Gasteiger partial charge < -0.3 is 10.1 Å². The van der Waals surface area contributed by atoms with Crippen molar-refractivity contribution in [3.05, 3.63) is 0 Å². The molecule has 1 saturated heterocycles. The Bertz CT molecular complexity index is 379. The van der Waals surface area contributed by atoms with Crippen LogP contribution < -0.4 is 5.32 Å². The Balaban J connectivity index is 2.38. The Morgan fingerprint density at radius 2 is 1.81 bits per heavy atom. The molecule has 4 nitrogen and oxygen atoms in total. The van der Waals surface area contributed by atoms with Crippen LogP contribution in [0.15, 0.2) is 0 Å². The zero-order chi connectivity index (χ0) is 15.9. The lowest BCUT2D eigenvalue weighted by Crippen LogP contribution is -2.33. The molecule has 0 aromatic rings. The molecule has 0 aliphatic carbocycles. The standard InChI is InChI=1S/C16H33NO3S/c1-13(2)5-8-20-9-6-15(11-17-14(3)4)16-7-10-21(18,19)12-16/h13-17H,5-12H2,1-4H3. The molecule has 5 heteroatoms. The Morgan fingerprint density at radius 1 is 1.14 bits per heavy atom. The Labute approximate surface area is 130 Å². The van der Waals surface area contributed by atoms with Gasteiger partial charge in [0.05, 0.1) is 11.5 Å². The molecule has 1 rings (SSSR count). The number of sulfone groups is 1. The molecular weight excluding hydrogens is 286 g/mol. The summed E-state index contributed by atoms with van der Waals surface area (Å²) in [4.78, 5) is 0. The quantitative estimate of drug-likeness (QED) is 0.629. The minimum atomic E-state index is -2.79. The molecule has 1 N–H and O–H groups in total. The van der Waals surface area contributed by atoms with E-state index in [1.165, 1.54) is 0 Å². The lowest BCUT2D eigenvalue weighted by Gasteiger charge is -2.24. The monoisotopic (exact) mass is 319 g/mol. The second-order valence-corrected chi connectivity index (χ2v) is 9.30. The van der Waals surface area contributed by atoms with Crippen molar-refractivity contribution in [1.82, 2.24) is 5.32 Å². The maximum atomic E-state index is 11.7. The fourth-order valence-corrected chi connectivity index (χ4v) is 4.66. The van der Waals surface area contributed by atoms with Gasteiger partial charge in [-0.15, -0.1) is 0 Å². The molecule has 21 heavy (non-hydrogen) atoms. The van der Waals surface area contributed by atoms with Crippen LogP contribution in [0.5, 0.6) is 0 Å². The van der Waals surface area contributed by atoms with E-state index in [1.807, 2.05) is 0 Å². The molecule has 1 aliphatic rings. The van der Waals surface area contributed by atoms with Crippen molar-refractivity contribution in [2.45, 2.75) is 53.0 Å². The van der Waals surface area contributed by atoms with Crippen molar-refractivity contribution in [1.29, 1.82) is 0 Å². The van der Waals surface area contributed by atoms with E-state index in [0.717, 1.165) is 39.0 Å². The SMILES string of the molecule is CC(C)CCOCCC(CNC(C)C)C1CCS(=O)(=O)C1. The predicted molar refractivity (Wildman–Crippen MR) is 88.3 cm³/mol. The van der Waals surface area contributed by atoms with Gasteiger partial charge in [-0.2, -0.15) is 0 Å². The van der Waals surface area contributed by atoms with Crippen molar-refractivity contribution in [2.75, 3.05) is 31.3 Å². The van der Waals surface area contributed by atoms with E-state index in [1.54, 1.807) is 0 Å². The summed E-state index contributed by atoms with van der Waals surface area (Å²) >= 11 is 0. The van der Waals surface area contributed by atoms with E-state index < -0.39 is 9.84 Å². The Morgan fingerprint density at radius 3 is 2.33 bits per heavy atom. The van der Waals surface area contributed by atoms with Gasteiger partial charge in [0.15, 0.2) is 9.84 Å². The van der Waals surface area contributed by atoms with Crippen LogP contribution in [0.3, 0.4) is 0 Å². The number of nitrogens with one attached hydrogen (secondary N) is 1. The Hall–Kier alpha value is -0.130. The zero-order valence-electron chi connectivity index (χ0n) is 14.1. The van der Waals surface area contributed by atoms with Gasteiger partial charge in [-0.3, -0.25) is 0 Å². The molecule has 0 aromatic heterocycles. The first kappa shape index (κ1) is 18.9. The molecule has 1 aliphatic heterocycles. The normalized spacial score (nSPS) is 23.0. The van der Waals surface area contributed by atoms with Crippen molar-refractivity contribution >= 4 is 9.84 Å². The van der Waals surface area contributed by atoms with Gasteiger partial charge in [-0.05, 0) is 43.6 Å². The molecule has 1 heterocycles. The average Bonchev–Trinajstić information content (AvgIpc) is 2.72. The highest BCUT2D eigenvalue weighted by Crippen LogP contribution is 2.28. The highest BCUT2D eigenvalue weighted by atomic mass is 32.2. The molecule has 0 radical (unpaired) electrons. The van der Waals surface area contributed by atoms with Crippen LogP contribution in [0, 0.1) is 17.8 Å². The highest BCUT2D eigenvalue weighted by molar-refractivity contribution is 7.91. The van der Waals surface area contributed by atoms with Crippen molar-refractivity contribution in [2.24, 2.45) is 17.8 Å². The lowest BCUT2D eigenvalue weighted by atomic mass is 9.89. The summed E-state index contributed by atoms with van der Waals surface area (Å²) in [7, 11) is -2.79. The fraction of sp³-hybridized carbons (Fsp3) is 1.00. The van der Waals surface area contributed by atoms with E-state index in [-0.39, 0.29) is 0 Å². The summed E-state index contributed by atoms with van der Waals surface area (Å²) in [5.41, 5.74) is 0. The number of rotatable bonds is 10. The molecular formula is C16H33NO3S. The summed E-state index contributed by atoms with van der Waals surface area (Å²) < 4.78 is 29.1. The maximum Gasteiger partial charge on any atom is 0.150 e. The lowest BCUT2D eigenvalue weighted by molar-refractivity contribution is 0.103. The first-order chi connectivity index (χ1) is 9.80. The van der Waals surface area contributed by atoms with Crippen LogP contribution in [-0.2, 0) is 14.6 Å². The van der Waals surface area contributed by atoms with Gasteiger partial charge in [0.25, 0.3) is 0 Å². The largest absolute Gasteiger partial charge is 0.381 e. The molecule has 2 unspecified atom stereocenters. The third kappa shape index (κ3) is 8.17. The molecule has 0 spiro atoms. The number of ether oxygens (including phenoxy) is 1. The molecule has 0 bridgehead atoms. The molecule has 126 valence electrons. The predicted octanol–water partition coefficient (Wildman–Crippen LogP) is 2.49. The summed E-state index contributed by atoms with van der Waals surface area (Å²) in [6.07, 6.45) is 2.86. The maximum absolute atomic E-state index is 11.7. The van der Waals surface area contributed by atoms with Crippen molar-refractivity contribution in [3.63, 3.8) is 0 Å². The van der Waals surface area contributed by atoms with E-state index in [9.17, 15) is 8.42 Å². The van der Waals surface area contributed by atoms with Gasteiger partial charge in [-0.1, -0.05) is 27.7 Å². The first-order valence-electron chi connectivity index (χ1n) is 8.31. The highest BCUT2D eigenvalue weighted by Gasteiger charge is 2.33. The minimum absolute atomic E-state index is 0.301. The molecule has 0 amide bonds. The second kappa shape index (κ2) is 9.11. The van der Waals surface area contributed by atoms with Gasteiger partial charge in [0.2, 0.25) is 0 Å². The number of hydrogen-bond donors (Lipinski definition) is 1. The minimum Gasteiger partial charge on any atom is -0.381 e. The molecule has 1 fully saturated rings. The van der Waals surface area contributed by atoms with Crippen LogP contribution in [0.1, 0.15) is 47.0 Å². The van der Waals surface area contributed by atoms with Gasteiger partial charge >= 0.3 is 0 Å². The van der Waals surface area contributed by atoms with Crippen LogP contribution in [0.4, 0.5) is 0 Å². The topological polar surface area (TPSA) is 55.4 Å². The van der Waals surface area contributed by atoms with E-state index in [0.29, 0.717) is 35.3 Å². The Kier molecular flexibility index (Phi) is 8.21. The summed E-state index contributed by atoms with van der Waals surface area (Å²) in [5, 5.41) is 3.46. The van der Waals surface area contributed by atoms with Crippen molar-refractivity contribution < 1.29 is 13.2 Å². The molecule has 0 aromatic carbocycles. The van der Waals surface area contributed by atoms with Gasteiger partial charge in [-0.25, -0.2) is 8.42 Å². The zero-order valence-corrected chi connectivity index (χ0v) is 14.9.